The van der Waals surface area contributed by atoms with Crippen LogP contribution in [0.15, 0.2) is 18.2 Å². The molecule has 0 radical (unpaired) electrons. The Morgan fingerprint density at radius 1 is 1.39 bits per heavy atom. The quantitative estimate of drug-likeness (QED) is 0.703. The molecule has 0 spiro atoms. The van der Waals surface area contributed by atoms with Crippen molar-refractivity contribution < 1.29 is 23.1 Å². The van der Waals surface area contributed by atoms with Gasteiger partial charge in [-0.25, -0.2) is 9.18 Å². The number of nitriles is 1. The van der Waals surface area contributed by atoms with E-state index in [1.165, 1.54) is 21.7 Å². The number of alkyl halides is 2. The SMILES string of the molecule is C[C@@H]1Cc2nn3c(c2CN1C(=O)Nc1ccc(F)c(C#N)c1)C(F)(F)CCC(C(C)(C)O)C3. The summed E-state index contributed by atoms with van der Waals surface area (Å²) < 4.78 is 45.3. The monoisotopic (exact) mass is 461 g/mol. The summed E-state index contributed by atoms with van der Waals surface area (Å²) in [6.07, 6.45) is 0.0496. The molecule has 1 unspecified atom stereocenters. The minimum atomic E-state index is -3.14. The number of carbonyl (C=O) groups is 1. The summed E-state index contributed by atoms with van der Waals surface area (Å²) in [7, 11) is 0. The summed E-state index contributed by atoms with van der Waals surface area (Å²) in [5.74, 6) is -4.21. The number of hydrogen-bond donors (Lipinski definition) is 2. The van der Waals surface area contributed by atoms with E-state index in [9.17, 15) is 14.3 Å². The van der Waals surface area contributed by atoms with Gasteiger partial charge in [0.15, 0.2) is 0 Å². The van der Waals surface area contributed by atoms with Crippen molar-refractivity contribution in [1.82, 2.24) is 14.7 Å². The fourth-order valence-corrected chi connectivity index (χ4v) is 4.64. The number of halogens is 3. The van der Waals surface area contributed by atoms with Gasteiger partial charge in [-0.3, -0.25) is 4.68 Å². The van der Waals surface area contributed by atoms with Crippen molar-refractivity contribution in [3.63, 3.8) is 0 Å². The lowest BCUT2D eigenvalue weighted by Crippen LogP contribution is -2.45. The van der Waals surface area contributed by atoms with Crippen LogP contribution in [0.2, 0.25) is 0 Å². The predicted octanol–water partition coefficient (Wildman–Crippen LogP) is 4.15. The number of aliphatic hydroxyl groups is 1. The van der Waals surface area contributed by atoms with Crippen molar-refractivity contribution >= 4 is 11.7 Å². The van der Waals surface area contributed by atoms with Crippen molar-refractivity contribution in [2.45, 2.75) is 70.7 Å². The highest BCUT2D eigenvalue weighted by atomic mass is 19.3. The molecule has 2 aliphatic rings. The summed E-state index contributed by atoms with van der Waals surface area (Å²) in [6, 6.07) is 4.52. The van der Waals surface area contributed by atoms with Gasteiger partial charge in [-0.2, -0.15) is 19.1 Å². The number of benzene rings is 1. The number of nitrogens with one attached hydrogen (secondary N) is 1. The van der Waals surface area contributed by atoms with E-state index in [0.717, 1.165) is 6.07 Å². The second-order valence-electron chi connectivity index (χ2n) is 9.47. The van der Waals surface area contributed by atoms with Crippen molar-refractivity contribution in [3.05, 3.63) is 46.5 Å². The Labute approximate surface area is 189 Å². The number of hydrogen-bond acceptors (Lipinski definition) is 4. The van der Waals surface area contributed by atoms with Crippen LogP contribution in [-0.4, -0.2) is 37.5 Å². The third-order valence-corrected chi connectivity index (χ3v) is 6.63. The molecule has 2 amide bonds. The number of nitrogens with zero attached hydrogens (tertiary/aromatic N) is 4. The summed E-state index contributed by atoms with van der Waals surface area (Å²) >= 11 is 0. The number of amides is 2. The standard InChI is InChI=1S/C23H26F3N5O2/c1-13-8-19-17(12-30(13)21(32)28-16-4-5-18(24)14(9-16)10-27)20-23(25,26)7-6-15(22(2,3)33)11-31(20)29-19/h4-5,9,13,15,33H,6-8,11-12H2,1-3H3,(H,28,32)/t13-,15?/m1/s1. The maximum Gasteiger partial charge on any atom is 0.322 e. The zero-order chi connectivity index (χ0) is 24.1. The first kappa shape index (κ1) is 23.1. The zero-order valence-corrected chi connectivity index (χ0v) is 18.7. The second kappa shape index (κ2) is 8.06. The average molecular weight is 461 g/mol. The van der Waals surface area contributed by atoms with Gasteiger partial charge in [0.1, 0.15) is 17.6 Å². The fraction of sp³-hybridized carbons (Fsp3) is 0.522. The number of rotatable bonds is 2. The molecular weight excluding hydrogens is 435 g/mol. The van der Waals surface area contributed by atoms with Gasteiger partial charge < -0.3 is 15.3 Å². The first-order valence-corrected chi connectivity index (χ1v) is 10.9. The molecule has 3 heterocycles. The Bertz CT molecular complexity index is 1130. The van der Waals surface area contributed by atoms with Crippen molar-refractivity contribution in [1.29, 1.82) is 5.26 Å². The molecule has 10 heteroatoms. The van der Waals surface area contributed by atoms with Gasteiger partial charge >= 0.3 is 6.03 Å². The predicted molar refractivity (Wildman–Crippen MR) is 114 cm³/mol. The number of carbonyl (C=O) groups excluding carboxylic acids is 1. The number of fused-ring (bicyclic) bond motifs is 3. The molecule has 176 valence electrons. The normalized spacial score (nSPS) is 22.1. The molecule has 4 rings (SSSR count). The minimum Gasteiger partial charge on any atom is -0.390 e. The van der Waals surface area contributed by atoms with E-state index in [4.69, 9.17) is 5.26 Å². The molecule has 0 saturated carbocycles. The van der Waals surface area contributed by atoms with Gasteiger partial charge in [-0.1, -0.05) is 0 Å². The van der Waals surface area contributed by atoms with Crippen LogP contribution in [0.5, 0.6) is 0 Å². The number of anilines is 1. The van der Waals surface area contributed by atoms with Crippen LogP contribution < -0.4 is 5.32 Å². The van der Waals surface area contributed by atoms with E-state index in [-0.39, 0.29) is 48.4 Å². The zero-order valence-electron chi connectivity index (χ0n) is 18.7. The minimum absolute atomic E-state index is 0.0489. The Kier molecular flexibility index (Phi) is 5.65. The van der Waals surface area contributed by atoms with Crippen molar-refractivity contribution in [2.75, 3.05) is 5.32 Å². The molecule has 1 aromatic heterocycles. The topological polar surface area (TPSA) is 94.2 Å². The van der Waals surface area contributed by atoms with E-state index in [0.29, 0.717) is 17.7 Å². The highest BCUT2D eigenvalue weighted by molar-refractivity contribution is 5.90. The van der Waals surface area contributed by atoms with E-state index in [2.05, 4.69) is 10.4 Å². The summed E-state index contributed by atoms with van der Waals surface area (Å²) in [5.41, 5.74) is -0.413. The van der Waals surface area contributed by atoms with Gasteiger partial charge in [-0.15, -0.1) is 0 Å². The number of aromatic nitrogens is 2. The first-order chi connectivity index (χ1) is 15.4. The molecular formula is C23H26F3N5O2. The molecule has 7 nitrogen and oxygen atoms in total. The van der Waals surface area contributed by atoms with Crippen LogP contribution in [-0.2, 0) is 25.4 Å². The average Bonchev–Trinajstić information content (AvgIpc) is 3.01. The molecule has 0 bridgehead atoms. The van der Waals surface area contributed by atoms with E-state index >= 15 is 8.78 Å². The molecule has 2 N–H and O–H groups in total. The molecule has 0 aliphatic carbocycles. The third-order valence-electron chi connectivity index (χ3n) is 6.63. The van der Waals surface area contributed by atoms with Crippen molar-refractivity contribution in [3.8, 4) is 6.07 Å². The van der Waals surface area contributed by atoms with Crippen LogP contribution >= 0.6 is 0 Å². The lowest BCUT2D eigenvalue weighted by molar-refractivity contribution is -0.0336. The van der Waals surface area contributed by atoms with Crippen LogP contribution in [0.4, 0.5) is 23.7 Å². The molecule has 2 aromatic rings. The van der Waals surface area contributed by atoms with E-state index in [1.807, 2.05) is 0 Å². The van der Waals surface area contributed by atoms with Crippen LogP contribution in [0.25, 0.3) is 0 Å². The Morgan fingerprint density at radius 2 is 2.12 bits per heavy atom. The lowest BCUT2D eigenvalue weighted by atomic mass is 9.86. The van der Waals surface area contributed by atoms with E-state index in [1.54, 1.807) is 26.8 Å². The summed E-state index contributed by atoms with van der Waals surface area (Å²) in [6.45, 7) is 5.16. The smallest absolute Gasteiger partial charge is 0.322 e. The maximum absolute atomic E-state index is 15.2. The van der Waals surface area contributed by atoms with Gasteiger partial charge in [0.25, 0.3) is 5.92 Å². The maximum atomic E-state index is 15.2. The van der Waals surface area contributed by atoms with Crippen LogP contribution in [0.1, 0.15) is 56.1 Å². The Hall–Kier alpha value is -3.06. The molecule has 33 heavy (non-hydrogen) atoms. The van der Waals surface area contributed by atoms with Gasteiger partial charge in [-0.05, 0) is 45.4 Å². The van der Waals surface area contributed by atoms with Gasteiger partial charge in [0.2, 0.25) is 0 Å². The second-order valence-corrected chi connectivity index (χ2v) is 9.47. The van der Waals surface area contributed by atoms with Crippen LogP contribution in [0.3, 0.4) is 0 Å². The van der Waals surface area contributed by atoms with E-state index < -0.39 is 29.8 Å². The lowest BCUT2D eigenvalue weighted by Gasteiger charge is -2.33. The third kappa shape index (κ3) is 4.29. The molecule has 2 aliphatic heterocycles. The molecule has 2 atom stereocenters. The Morgan fingerprint density at radius 3 is 2.79 bits per heavy atom. The highest BCUT2D eigenvalue weighted by Gasteiger charge is 2.46. The molecule has 1 aromatic carbocycles. The van der Waals surface area contributed by atoms with Crippen molar-refractivity contribution in [2.24, 2.45) is 5.92 Å². The van der Waals surface area contributed by atoms with Crippen LogP contribution in [0, 0.1) is 23.1 Å². The number of urea groups is 1. The largest absolute Gasteiger partial charge is 0.390 e. The summed E-state index contributed by atoms with van der Waals surface area (Å²) in [4.78, 5) is 14.4. The van der Waals surface area contributed by atoms with Gasteiger partial charge in [0.05, 0.1) is 23.4 Å². The first-order valence-electron chi connectivity index (χ1n) is 10.9. The van der Waals surface area contributed by atoms with Gasteiger partial charge in [0, 0.05) is 42.6 Å². The fourth-order valence-electron chi connectivity index (χ4n) is 4.64. The molecule has 0 saturated heterocycles. The Balaban J connectivity index is 1.63. The molecule has 0 fully saturated rings. The highest BCUT2D eigenvalue weighted by Crippen LogP contribution is 2.44. The summed E-state index contributed by atoms with van der Waals surface area (Å²) in [5, 5.41) is 26.5.